The lowest BCUT2D eigenvalue weighted by atomic mass is 10.0. The second kappa shape index (κ2) is 8.18. The quantitative estimate of drug-likeness (QED) is 0.884. The van der Waals surface area contributed by atoms with Crippen molar-refractivity contribution in [2.45, 2.75) is 32.9 Å². The second-order valence-electron chi connectivity index (χ2n) is 7.11. The number of carbonyl (C=O) groups excluding carboxylic acids is 1. The summed E-state index contributed by atoms with van der Waals surface area (Å²) in [6.07, 6.45) is 2.33. The van der Waals surface area contributed by atoms with Gasteiger partial charge in [0.25, 0.3) is 5.91 Å². The van der Waals surface area contributed by atoms with Crippen molar-refractivity contribution < 1.29 is 9.18 Å². The summed E-state index contributed by atoms with van der Waals surface area (Å²) in [5.41, 5.74) is 1.43. The van der Waals surface area contributed by atoms with Gasteiger partial charge in [-0.05, 0) is 30.0 Å². The summed E-state index contributed by atoms with van der Waals surface area (Å²) in [6.45, 7) is 7.28. The van der Waals surface area contributed by atoms with Gasteiger partial charge in [-0.1, -0.05) is 37.6 Å². The summed E-state index contributed by atoms with van der Waals surface area (Å²) in [7, 11) is 0. The molecule has 140 valence electrons. The molecule has 2 aromatic rings. The maximum Gasteiger partial charge on any atom is 0.273 e. The van der Waals surface area contributed by atoms with Gasteiger partial charge in [-0.2, -0.15) is 5.10 Å². The van der Waals surface area contributed by atoms with Crippen LogP contribution in [0.3, 0.4) is 0 Å². The monoisotopic (exact) mass is 378 g/mol. The molecule has 1 saturated heterocycles. The molecular formula is C19H24ClFN4O. The number of hydrogen-bond donors (Lipinski definition) is 1. The molecule has 2 heterocycles. The Hall–Kier alpha value is -1.92. The molecule has 1 fully saturated rings. The molecule has 1 aliphatic heterocycles. The fraction of sp³-hybridized carbons (Fsp3) is 0.474. The van der Waals surface area contributed by atoms with Crippen molar-refractivity contribution in [1.82, 2.24) is 20.0 Å². The van der Waals surface area contributed by atoms with Crippen LogP contribution in [0.4, 0.5) is 4.39 Å². The van der Waals surface area contributed by atoms with Gasteiger partial charge < -0.3 is 4.90 Å². The zero-order valence-electron chi connectivity index (χ0n) is 15.1. The third-order valence-corrected chi connectivity index (χ3v) is 5.20. The Labute approximate surface area is 158 Å². The predicted molar refractivity (Wildman–Crippen MR) is 99.6 cm³/mol. The van der Waals surface area contributed by atoms with E-state index in [9.17, 15) is 9.18 Å². The first-order chi connectivity index (χ1) is 12.5. The van der Waals surface area contributed by atoms with Crippen LogP contribution in [0.5, 0.6) is 0 Å². The Balaban J connectivity index is 1.76. The van der Waals surface area contributed by atoms with E-state index in [2.05, 4.69) is 28.9 Å². The molecule has 0 radical (unpaired) electrons. The molecule has 1 aliphatic rings. The van der Waals surface area contributed by atoms with Crippen molar-refractivity contribution in [2.75, 3.05) is 19.6 Å². The molecule has 1 N–H and O–H groups in total. The van der Waals surface area contributed by atoms with E-state index in [4.69, 9.17) is 11.6 Å². The van der Waals surface area contributed by atoms with Crippen LogP contribution in [0.25, 0.3) is 0 Å². The normalized spacial score (nSPS) is 19.0. The number of hydrogen-bond acceptors (Lipinski definition) is 3. The number of amides is 1. The molecule has 5 nitrogen and oxygen atoms in total. The van der Waals surface area contributed by atoms with Gasteiger partial charge in [-0.25, -0.2) is 4.39 Å². The molecule has 0 aliphatic carbocycles. The third kappa shape index (κ3) is 4.24. The minimum Gasteiger partial charge on any atom is -0.336 e. The topological polar surface area (TPSA) is 52.2 Å². The molecule has 0 unspecified atom stereocenters. The molecule has 1 amide bonds. The highest BCUT2D eigenvalue weighted by atomic mass is 35.5. The fourth-order valence-corrected chi connectivity index (χ4v) is 3.65. The van der Waals surface area contributed by atoms with Gasteiger partial charge in [-0.15, -0.1) is 0 Å². The van der Waals surface area contributed by atoms with Gasteiger partial charge in [0.1, 0.15) is 11.5 Å². The lowest BCUT2D eigenvalue weighted by Gasteiger charge is -2.34. The lowest BCUT2D eigenvalue weighted by molar-refractivity contribution is 0.0697. The number of halogens is 2. The van der Waals surface area contributed by atoms with Crippen molar-refractivity contribution in [3.05, 3.63) is 52.6 Å². The predicted octanol–water partition coefficient (Wildman–Crippen LogP) is 3.57. The summed E-state index contributed by atoms with van der Waals surface area (Å²) < 4.78 is 13.2. The maximum absolute atomic E-state index is 13.2. The molecule has 3 rings (SSSR count). The van der Waals surface area contributed by atoms with E-state index in [1.165, 1.54) is 18.3 Å². The van der Waals surface area contributed by atoms with Gasteiger partial charge in [0.05, 0.1) is 11.2 Å². The van der Waals surface area contributed by atoms with Gasteiger partial charge >= 0.3 is 0 Å². The highest BCUT2D eigenvalue weighted by Gasteiger charge is 2.31. The largest absolute Gasteiger partial charge is 0.336 e. The number of carbonyl (C=O) groups is 1. The Morgan fingerprint density at radius 1 is 1.35 bits per heavy atom. The van der Waals surface area contributed by atoms with Crippen molar-refractivity contribution in [1.29, 1.82) is 0 Å². The van der Waals surface area contributed by atoms with Crippen LogP contribution in [0.2, 0.25) is 5.02 Å². The average Bonchev–Trinajstić information content (AvgIpc) is 2.92. The zero-order valence-corrected chi connectivity index (χ0v) is 15.8. The SMILES string of the molecule is CC(C)[C@@H]1CN(C(=O)c2[nH]ncc2Cl)CCCN1Cc1ccc(F)cc1. The minimum absolute atomic E-state index is 0.109. The van der Waals surface area contributed by atoms with Gasteiger partial charge in [0.2, 0.25) is 0 Å². The molecular weight excluding hydrogens is 355 g/mol. The van der Waals surface area contributed by atoms with Crippen LogP contribution in [0, 0.1) is 11.7 Å². The first-order valence-corrected chi connectivity index (χ1v) is 9.30. The summed E-state index contributed by atoms with van der Waals surface area (Å²) >= 11 is 6.06. The Kier molecular flexibility index (Phi) is 5.94. The lowest BCUT2D eigenvalue weighted by Crippen LogP contribution is -2.45. The highest BCUT2D eigenvalue weighted by molar-refractivity contribution is 6.33. The zero-order chi connectivity index (χ0) is 18.7. The van der Waals surface area contributed by atoms with Gasteiger partial charge in [0, 0.05) is 32.2 Å². The number of aromatic nitrogens is 2. The minimum atomic E-state index is -0.224. The molecule has 1 atom stereocenters. The fourth-order valence-electron chi connectivity index (χ4n) is 3.48. The molecule has 1 aromatic carbocycles. The average molecular weight is 379 g/mol. The van der Waals surface area contributed by atoms with Crippen LogP contribution in [0.15, 0.2) is 30.5 Å². The van der Waals surface area contributed by atoms with Crippen LogP contribution >= 0.6 is 11.6 Å². The molecule has 26 heavy (non-hydrogen) atoms. The third-order valence-electron chi connectivity index (χ3n) is 4.91. The molecule has 0 saturated carbocycles. The van der Waals surface area contributed by atoms with E-state index in [-0.39, 0.29) is 17.8 Å². The maximum atomic E-state index is 13.2. The number of nitrogens with zero attached hydrogens (tertiary/aromatic N) is 3. The number of nitrogens with one attached hydrogen (secondary N) is 1. The van der Waals surface area contributed by atoms with Crippen LogP contribution < -0.4 is 0 Å². The molecule has 1 aromatic heterocycles. The van der Waals surface area contributed by atoms with E-state index >= 15 is 0 Å². The summed E-state index contributed by atoms with van der Waals surface area (Å²) in [5.74, 6) is 0.0427. The number of aromatic amines is 1. The van der Waals surface area contributed by atoms with Crippen molar-refractivity contribution >= 4 is 17.5 Å². The Bertz CT molecular complexity index is 746. The standard InChI is InChI=1S/C19H24ClFN4O/c1-13(2)17-12-25(19(26)18-16(20)10-22-23-18)9-3-8-24(17)11-14-4-6-15(21)7-5-14/h4-7,10,13,17H,3,8-9,11-12H2,1-2H3,(H,22,23)/t17-/m0/s1. The first-order valence-electron chi connectivity index (χ1n) is 8.92. The number of benzene rings is 1. The molecule has 0 bridgehead atoms. The van der Waals surface area contributed by atoms with Crippen LogP contribution in [-0.4, -0.2) is 51.6 Å². The summed E-state index contributed by atoms with van der Waals surface area (Å²) in [4.78, 5) is 17.1. The van der Waals surface area contributed by atoms with Crippen LogP contribution in [-0.2, 0) is 6.54 Å². The van der Waals surface area contributed by atoms with Crippen molar-refractivity contribution in [3.8, 4) is 0 Å². The Morgan fingerprint density at radius 3 is 2.69 bits per heavy atom. The summed E-state index contributed by atoms with van der Waals surface area (Å²) in [6, 6.07) is 6.85. The van der Waals surface area contributed by atoms with Gasteiger partial charge in [-0.3, -0.25) is 14.8 Å². The van der Waals surface area contributed by atoms with E-state index in [0.717, 1.165) is 25.1 Å². The molecule has 7 heteroatoms. The van der Waals surface area contributed by atoms with E-state index in [1.807, 2.05) is 17.0 Å². The van der Waals surface area contributed by atoms with Crippen LogP contribution in [0.1, 0.15) is 36.3 Å². The number of rotatable bonds is 4. The van der Waals surface area contributed by atoms with Gasteiger partial charge in [0.15, 0.2) is 0 Å². The second-order valence-corrected chi connectivity index (χ2v) is 7.51. The van der Waals surface area contributed by atoms with E-state index in [1.54, 1.807) is 0 Å². The van der Waals surface area contributed by atoms with Crippen molar-refractivity contribution in [3.63, 3.8) is 0 Å². The highest BCUT2D eigenvalue weighted by Crippen LogP contribution is 2.22. The van der Waals surface area contributed by atoms with E-state index < -0.39 is 0 Å². The summed E-state index contributed by atoms with van der Waals surface area (Å²) in [5, 5.41) is 6.90. The number of H-pyrrole nitrogens is 1. The Morgan fingerprint density at radius 2 is 2.08 bits per heavy atom. The van der Waals surface area contributed by atoms with Crippen molar-refractivity contribution in [2.24, 2.45) is 5.92 Å². The van der Waals surface area contributed by atoms with E-state index in [0.29, 0.717) is 29.7 Å². The first kappa shape index (κ1) is 18.9. The smallest absolute Gasteiger partial charge is 0.273 e. The molecule has 0 spiro atoms.